The van der Waals surface area contributed by atoms with E-state index in [9.17, 15) is 4.79 Å². The van der Waals surface area contributed by atoms with E-state index in [0.717, 1.165) is 16.6 Å². The molecule has 20 heavy (non-hydrogen) atoms. The van der Waals surface area contributed by atoms with Crippen molar-refractivity contribution in [3.63, 3.8) is 0 Å². The number of rotatable bonds is 2. The molecule has 1 heterocycles. The number of nitrogens with one attached hydrogen (secondary N) is 2. The molecule has 0 aliphatic rings. The molecule has 5 heteroatoms. The van der Waals surface area contributed by atoms with Gasteiger partial charge in [-0.1, -0.05) is 12.1 Å². The van der Waals surface area contributed by atoms with Gasteiger partial charge in [0.05, 0.1) is 11.0 Å². The van der Waals surface area contributed by atoms with E-state index >= 15 is 0 Å². The molecule has 0 saturated heterocycles. The van der Waals surface area contributed by atoms with Crippen LogP contribution in [0.3, 0.4) is 0 Å². The Morgan fingerprint density at radius 3 is 2.65 bits per heavy atom. The van der Waals surface area contributed by atoms with Crippen LogP contribution < -0.4 is 5.32 Å². The van der Waals surface area contributed by atoms with Crippen molar-refractivity contribution in [3.05, 3.63) is 28.5 Å². The van der Waals surface area contributed by atoms with Gasteiger partial charge in [-0.25, -0.2) is 0 Å². The average Bonchev–Trinajstić information content (AvgIpc) is 2.63. The third-order valence-corrected chi connectivity index (χ3v) is 3.50. The SMILES string of the molecule is Cc1cccc2[nH]c(=S)n(C(C)C(=O)NC(C)(C)C)c12. The zero-order valence-electron chi connectivity index (χ0n) is 12.6. The molecule has 1 aromatic heterocycles. The van der Waals surface area contributed by atoms with E-state index in [2.05, 4.69) is 10.3 Å². The first kappa shape index (κ1) is 14.8. The summed E-state index contributed by atoms with van der Waals surface area (Å²) in [5.41, 5.74) is 2.80. The molecule has 1 unspecified atom stereocenters. The Hall–Kier alpha value is -1.62. The van der Waals surface area contributed by atoms with Crippen molar-refractivity contribution >= 4 is 29.2 Å². The number of carbonyl (C=O) groups excluding carboxylic acids is 1. The number of amides is 1. The summed E-state index contributed by atoms with van der Waals surface area (Å²) in [4.78, 5) is 15.5. The third-order valence-electron chi connectivity index (χ3n) is 3.20. The normalized spacial score (nSPS) is 13.4. The Labute approximate surface area is 124 Å². The summed E-state index contributed by atoms with van der Waals surface area (Å²) in [7, 11) is 0. The maximum atomic E-state index is 12.4. The number of carbonyl (C=O) groups is 1. The molecule has 1 aromatic carbocycles. The van der Waals surface area contributed by atoms with Gasteiger partial charge in [0.2, 0.25) is 5.91 Å². The van der Waals surface area contributed by atoms with Gasteiger partial charge in [0, 0.05) is 5.54 Å². The summed E-state index contributed by atoms with van der Waals surface area (Å²) >= 11 is 5.38. The van der Waals surface area contributed by atoms with Gasteiger partial charge in [0.1, 0.15) is 6.04 Å². The summed E-state index contributed by atoms with van der Waals surface area (Å²) in [6.45, 7) is 9.80. The molecule has 0 aliphatic heterocycles. The number of H-pyrrole nitrogens is 1. The van der Waals surface area contributed by atoms with Gasteiger partial charge < -0.3 is 14.9 Å². The van der Waals surface area contributed by atoms with E-state index < -0.39 is 0 Å². The largest absolute Gasteiger partial charge is 0.350 e. The maximum Gasteiger partial charge on any atom is 0.243 e. The molecule has 0 saturated carbocycles. The van der Waals surface area contributed by atoms with Crippen molar-refractivity contribution < 1.29 is 4.79 Å². The second-order valence-electron chi connectivity index (χ2n) is 6.19. The number of aromatic nitrogens is 2. The maximum absolute atomic E-state index is 12.4. The number of fused-ring (bicyclic) bond motifs is 1. The molecular weight excluding hydrogens is 270 g/mol. The number of benzene rings is 1. The molecule has 1 atom stereocenters. The van der Waals surface area contributed by atoms with E-state index in [-0.39, 0.29) is 17.5 Å². The number of imidazole rings is 1. The first-order valence-electron chi connectivity index (χ1n) is 6.72. The second-order valence-corrected chi connectivity index (χ2v) is 6.57. The minimum absolute atomic E-state index is 0.0299. The van der Waals surface area contributed by atoms with Gasteiger partial charge in [0.15, 0.2) is 4.77 Å². The van der Waals surface area contributed by atoms with E-state index in [1.165, 1.54) is 0 Å². The van der Waals surface area contributed by atoms with Crippen molar-refractivity contribution in [1.82, 2.24) is 14.9 Å². The number of para-hydroxylation sites is 1. The summed E-state index contributed by atoms with van der Waals surface area (Å²) in [5.74, 6) is -0.0299. The lowest BCUT2D eigenvalue weighted by Crippen LogP contribution is -2.43. The van der Waals surface area contributed by atoms with Crippen LogP contribution in [0, 0.1) is 11.7 Å². The zero-order chi connectivity index (χ0) is 15.1. The van der Waals surface area contributed by atoms with Crippen LogP contribution in [0.4, 0.5) is 0 Å². The van der Waals surface area contributed by atoms with Crippen LogP contribution in [0.5, 0.6) is 0 Å². The number of hydrogen-bond acceptors (Lipinski definition) is 2. The molecule has 0 spiro atoms. The molecule has 2 N–H and O–H groups in total. The highest BCUT2D eigenvalue weighted by molar-refractivity contribution is 7.71. The van der Waals surface area contributed by atoms with Crippen molar-refractivity contribution in [1.29, 1.82) is 0 Å². The fourth-order valence-corrected chi connectivity index (χ4v) is 2.68. The van der Waals surface area contributed by atoms with Gasteiger partial charge in [0.25, 0.3) is 0 Å². The fourth-order valence-electron chi connectivity index (χ4n) is 2.32. The Kier molecular flexibility index (Phi) is 3.73. The molecule has 1 amide bonds. The Balaban J connectivity index is 2.50. The monoisotopic (exact) mass is 291 g/mol. The van der Waals surface area contributed by atoms with Crippen LogP contribution in [0.2, 0.25) is 0 Å². The Bertz CT molecular complexity index is 706. The minimum atomic E-state index is -0.350. The highest BCUT2D eigenvalue weighted by atomic mass is 32.1. The summed E-state index contributed by atoms with van der Waals surface area (Å²) < 4.78 is 2.46. The molecule has 108 valence electrons. The number of nitrogens with zero attached hydrogens (tertiary/aromatic N) is 1. The van der Waals surface area contributed by atoms with Crippen LogP contribution in [-0.4, -0.2) is 21.0 Å². The van der Waals surface area contributed by atoms with E-state index in [4.69, 9.17) is 12.2 Å². The van der Waals surface area contributed by atoms with Crippen molar-refractivity contribution in [2.75, 3.05) is 0 Å². The number of hydrogen-bond donors (Lipinski definition) is 2. The molecular formula is C15H21N3OS. The Morgan fingerprint density at radius 1 is 1.40 bits per heavy atom. The van der Waals surface area contributed by atoms with Gasteiger partial charge in [-0.2, -0.15) is 0 Å². The van der Waals surface area contributed by atoms with E-state index in [1.807, 2.05) is 57.4 Å². The second kappa shape index (κ2) is 5.05. The smallest absolute Gasteiger partial charge is 0.243 e. The molecule has 0 radical (unpaired) electrons. The minimum Gasteiger partial charge on any atom is -0.350 e. The molecule has 0 bridgehead atoms. The van der Waals surface area contributed by atoms with E-state index in [1.54, 1.807) is 0 Å². The number of aryl methyl sites for hydroxylation is 1. The lowest BCUT2D eigenvalue weighted by molar-refractivity contribution is -0.125. The molecule has 0 fully saturated rings. The fraction of sp³-hybridized carbons (Fsp3) is 0.467. The molecule has 2 aromatic rings. The molecule has 4 nitrogen and oxygen atoms in total. The third kappa shape index (κ3) is 2.77. The van der Waals surface area contributed by atoms with E-state index in [0.29, 0.717) is 4.77 Å². The van der Waals surface area contributed by atoms with Crippen LogP contribution >= 0.6 is 12.2 Å². The standard InChI is InChI=1S/C15H21N3OS/c1-9-7-6-8-11-12(9)18(14(20)16-11)10(2)13(19)17-15(3,4)5/h6-8,10H,1-5H3,(H,16,20)(H,17,19). The van der Waals surface area contributed by atoms with Crippen LogP contribution in [0.1, 0.15) is 39.3 Å². The average molecular weight is 291 g/mol. The first-order valence-corrected chi connectivity index (χ1v) is 7.13. The highest BCUT2D eigenvalue weighted by Gasteiger charge is 2.23. The summed E-state index contributed by atoms with van der Waals surface area (Å²) in [6, 6.07) is 5.63. The summed E-state index contributed by atoms with van der Waals surface area (Å²) in [5, 5.41) is 3.00. The van der Waals surface area contributed by atoms with Gasteiger partial charge >= 0.3 is 0 Å². The lowest BCUT2D eigenvalue weighted by Gasteiger charge is -2.24. The topological polar surface area (TPSA) is 49.8 Å². The zero-order valence-corrected chi connectivity index (χ0v) is 13.4. The van der Waals surface area contributed by atoms with Gasteiger partial charge in [-0.3, -0.25) is 4.79 Å². The Morgan fingerprint density at radius 2 is 2.05 bits per heavy atom. The molecule has 0 aliphatic carbocycles. The molecule has 2 rings (SSSR count). The number of aromatic amines is 1. The predicted molar refractivity (Wildman–Crippen MR) is 84.5 cm³/mol. The first-order chi connectivity index (χ1) is 9.20. The van der Waals surface area contributed by atoms with Gasteiger partial charge in [-0.15, -0.1) is 0 Å². The van der Waals surface area contributed by atoms with Crippen molar-refractivity contribution in [3.8, 4) is 0 Å². The van der Waals surface area contributed by atoms with Gasteiger partial charge in [-0.05, 0) is 58.5 Å². The van der Waals surface area contributed by atoms with Crippen LogP contribution in [0.15, 0.2) is 18.2 Å². The quantitative estimate of drug-likeness (QED) is 0.832. The summed E-state index contributed by atoms with van der Waals surface area (Å²) in [6.07, 6.45) is 0. The predicted octanol–water partition coefficient (Wildman–Crippen LogP) is 3.48. The van der Waals surface area contributed by atoms with Crippen LogP contribution in [-0.2, 0) is 4.79 Å². The van der Waals surface area contributed by atoms with Crippen LogP contribution in [0.25, 0.3) is 11.0 Å². The van der Waals surface area contributed by atoms with Crippen molar-refractivity contribution in [2.24, 2.45) is 0 Å². The lowest BCUT2D eigenvalue weighted by atomic mass is 10.1. The highest BCUT2D eigenvalue weighted by Crippen LogP contribution is 2.22. The van der Waals surface area contributed by atoms with Crippen molar-refractivity contribution in [2.45, 2.75) is 46.2 Å².